The van der Waals surface area contributed by atoms with E-state index in [0.29, 0.717) is 0 Å². The molecule has 5 nitrogen and oxygen atoms in total. The number of ether oxygens (including phenoxy) is 1. The summed E-state index contributed by atoms with van der Waals surface area (Å²) in [6.07, 6.45) is 1.69. The molecule has 0 spiro atoms. The first-order chi connectivity index (χ1) is 10.4. The number of nitrogens with zero attached hydrogens (tertiary/aromatic N) is 2. The van der Waals surface area contributed by atoms with Crippen LogP contribution in [0.15, 0.2) is 17.0 Å². The molecule has 0 aliphatic rings. The van der Waals surface area contributed by atoms with Crippen LogP contribution in [0.3, 0.4) is 0 Å². The van der Waals surface area contributed by atoms with Gasteiger partial charge in [-0.3, -0.25) is 0 Å². The van der Waals surface area contributed by atoms with E-state index in [1.165, 1.54) is 19.2 Å². The minimum Gasteiger partial charge on any atom is -0.464 e. The standard InChI is InChI=1S/C13H10Cl2FN3O2S/c1-21-13(20)9-7(15)11(17)19-12(18-9)5-3-4-6(14)10(22-2)8(5)16/h3-4H,1-2H3,(H2,17,18,19). The molecule has 0 saturated heterocycles. The highest BCUT2D eigenvalue weighted by Gasteiger charge is 2.21. The van der Waals surface area contributed by atoms with E-state index in [2.05, 4.69) is 14.7 Å². The second-order valence-corrected chi connectivity index (χ2v) is 5.63. The predicted molar refractivity (Wildman–Crippen MR) is 85.0 cm³/mol. The summed E-state index contributed by atoms with van der Waals surface area (Å²) in [7, 11) is 1.17. The molecule has 2 N–H and O–H groups in total. The summed E-state index contributed by atoms with van der Waals surface area (Å²) in [5.74, 6) is -1.61. The van der Waals surface area contributed by atoms with Gasteiger partial charge in [-0.1, -0.05) is 23.2 Å². The van der Waals surface area contributed by atoms with Gasteiger partial charge < -0.3 is 10.5 Å². The Balaban J connectivity index is 2.69. The van der Waals surface area contributed by atoms with E-state index in [-0.39, 0.29) is 37.8 Å². The van der Waals surface area contributed by atoms with E-state index in [9.17, 15) is 9.18 Å². The van der Waals surface area contributed by atoms with Gasteiger partial charge in [0.2, 0.25) is 0 Å². The van der Waals surface area contributed by atoms with Crippen LogP contribution in [-0.4, -0.2) is 29.3 Å². The topological polar surface area (TPSA) is 78.1 Å². The number of hydrogen-bond acceptors (Lipinski definition) is 6. The van der Waals surface area contributed by atoms with Crippen molar-refractivity contribution < 1.29 is 13.9 Å². The van der Waals surface area contributed by atoms with E-state index in [0.717, 1.165) is 11.8 Å². The number of anilines is 1. The Bertz CT molecular complexity index is 759. The highest BCUT2D eigenvalue weighted by molar-refractivity contribution is 7.98. The quantitative estimate of drug-likeness (QED) is 0.663. The first kappa shape index (κ1) is 16.8. The summed E-state index contributed by atoms with van der Waals surface area (Å²) < 4.78 is 19.1. The van der Waals surface area contributed by atoms with Crippen LogP contribution in [0.2, 0.25) is 10.0 Å². The van der Waals surface area contributed by atoms with Crippen molar-refractivity contribution in [1.82, 2.24) is 9.97 Å². The lowest BCUT2D eigenvalue weighted by molar-refractivity contribution is 0.0594. The van der Waals surface area contributed by atoms with Crippen LogP contribution in [0.25, 0.3) is 11.4 Å². The molecule has 0 aliphatic carbocycles. The molecule has 0 amide bonds. The second-order valence-electron chi connectivity index (χ2n) is 4.03. The minimum atomic E-state index is -0.792. The molecule has 2 aromatic rings. The van der Waals surface area contributed by atoms with Gasteiger partial charge >= 0.3 is 5.97 Å². The minimum absolute atomic E-state index is 0.0577. The number of benzene rings is 1. The van der Waals surface area contributed by atoms with E-state index in [1.54, 1.807) is 6.26 Å². The van der Waals surface area contributed by atoms with Gasteiger partial charge in [-0.25, -0.2) is 19.2 Å². The van der Waals surface area contributed by atoms with Crippen LogP contribution < -0.4 is 5.73 Å². The molecule has 0 unspecified atom stereocenters. The summed E-state index contributed by atoms with van der Waals surface area (Å²) >= 11 is 13.0. The zero-order valence-electron chi connectivity index (χ0n) is 11.5. The Morgan fingerprint density at radius 1 is 1.36 bits per heavy atom. The van der Waals surface area contributed by atoms with Gasteiger partial charge in [0.05, 0.1) is 22.6 Å². The third-order valence-electron chi connectivity index (χ3n) is 2.75. The molecule has 1 aromatic carbocycles. The largest absolute Gasteiger partial charge is 0.464 e. The molecule has 1 aromatic heterocycles. The lowest BCUT2D eigenvalue weighted by Crippen LogP contribution is -2.10. The van der Waals surface area contributed by atoms with Crippen LogP contribution in [0.5, 0.6) is 0 Å². The smallest absolute Gasteiger partial charge is 0.358 e. The molecule has 116 valence electrons. The molecule has 0 bridgehead atoms. The van der Waals surface area contributed by atoms with Gasteiger partial charge in [-0.05, 0) is 18.4 Å². The first-order valence-corrected chi connectivity index (χ1v) is 7.82. The van der Waals surface area contributed by atoms with E-state index in [4.69, 9.17) is 28.9 Å². The van der Waals surface area contributed by atoms with Crippen molar-refractivity contribution in [2.24, 2.45) is 0 Å². The Kier molecular flexibility index (Phi) is 5.10. The Morgan fingerprint density at radius 2 is 2.05 bits per heavy atom. The average Bonchev–Trinajstić information content (AvgIpc) is 2.50. The van der Waals surface area contributed by atoms with Gasteiger partial charge in [0.15, 0.2) is 11.5 Å². The molecule has 0 saturated carbocycles. The zero-order valence-corrected chi connectivity index (χ0v) is 13.8. The van der Waals surface area contributed by atoms with Crippen molar-refractivity contribution >= 4 is 46.8 Å². The van der Waals surface area contributed by atoms with Crippen molar-refractivity contribution in [2.75, 3.05) is 19.1 Å². The molecular formula is C13H10Cl2FN3O2S. The Hall–Kier alpha value is -1.57. The van der Waals surface area contributed by atoms with E-state index < -0.39 is 11.8 Å². The third kappa shape index (κ3) is 2.97. The lowest BCUT2D eigenvalue weighted by Gasteiger charge is -2.10. The number of methoxy groups -OCH3 is 1. The third-order valence-corrected chi connectivity index (χ3v) is 4.36. The maximum absolute atomic E-state index is 14.5. The van der Waals surface area contributed by atoms with Gasteiger partial charge in [0, 0.05) is 0 Å². The fourth-order valence-electron chi connectivity index (χ4n) is 1.71. The van der Waals surface area contributed by atoms with Crippen LogP contribution in [-0.2, 0) is 4.74 Å². The molecule has 0 aliphatic heterocycles. The van der Waals surface area contributed by atoms with Crippen LogP contribution in [0, 0.1) is 5.82 Å². The number of thioether (sulfide) groups is 1. The summed E-state index contributed by atoms with van der Waals surface area (Å²) in [6, 6.07) is 2.92. The van der Waals surface area contributed by atoms with E-state index in [1.807, 2.05) is 0 Å². The molecule has 0 atom stereocenters. The maximum Gasteiger partial charge on any atom is 0.358 e. The number of hydrogen-bond donors (Lipinski definition) is 1. The number of nitrogen functional groups attached to an aromatic ring is 1. The second kappa shape index (κ2) is 6.68. The van der Waals surface area contributed by atoms with Crippen LogP contribution in [0.4, 0.5) is 10.2 Å². The summed E-state index contributed by atoms with van der Waals surface area (Å²) in [5.41, 5.74) is 5.49. The number of nitrogens with two attached hydrogens (primary N) is 1. The first-order valence-electron chi connectivity index (χ1n) is 5.84. The highest BCUT2D eigenvalue weighted by Crippen LogP contribution is 2.34. The number of rotatable bonds is 3. The van der Waals surface area contributed by atoms with Crippen molar-refractivity contribution in [3.63, 3.8) is 0 Å². The van der Waals surface area contributed by atoms with Gasteiger partial charge in [-0.15, -0.1) is 11.8 Å². The van der Waals surface area contributed by atoms with Gasteiger partial charge in [0.1, 0.15) is 16.7 Å². The number of halogens is 3. The van der Waals surface area contributed by atoms with Crippen molar-refractivity contribution in [3.8, 4) is 11.4 Å². The fraction of sp³-hybridized carbons (Fsp3) is 0.154. The Labute approximate surface area is 140 Å². The monoisotopic (exact) mass is 361 g/mol. The number of esters is 1. The summed E-state index contributed by atoms with van der Waals surface area (Å²) in [6.45, 7) is 0. The molecule has 22 heavy (non-hydrogen) atoms. The summed E-state index contributed by atoms with van der Waals surface area (Å²) in [4.78, 5) is 19.8. The predicted octanol–water partition coefficient (Wildman–Crippen LogP) is 3.68. The molecule has 0 radical (unpaired) electrons. The highest BCUT2D eigenvalue weighted by atomic mass is 35.5. The normalized spacial score (nSPS) is 10.6. The SMILES string of the molecule is COC(=O)c1nc(-c2ccc(Cl)c(SC)c2F)nc(N)c1Cl. The zero-order chi connectivity index (χ0) is 16.4. The van der Waals surface area contributed by atoms with Gasteiger partial charge in [-0.2, -0.15) is 0 Å². The Morgan fingerprint density at radius 3 is 2.64 bits per heavy atom. The number of aromatic nitrogens is 2. The van der Waals surface area contributed by atoms with E-state index >= 15 is 0 Å². The molecule has 0 fully saturated rings. The molecule has 9 heteroatoms. The number of carbonyl (C=O) groups is 1. The molecular weight excluding hydrogens is 352 g/mol. The summed E-state index contributed by atoms with van der Waals surface area (Å²) in [5, 5.41) is 0.124. The molecule has 2 rings (SSSR count). The lowest BCUT2D eigenvalue weighted by atomic mass is 10.2. The van der Waals surface area contributed by atoms with Crippen LogP contribution >= 0.6 is 35.0 Å². The molecule has 1 heterocycles. The van der Waals surface area contributed by atoms with Gasteiger partial charge in [0.25, 0.3) is 0 Å². The van der Waals surface area contributed by atoms with Crippen molar-refractivity contribution in [3.05, 3.63) is 33.7 Å². The maximum atomic E-state index is 14.5. The van der Waals surface area contributed by atoms with Crippen molar-refractivity contribution in [2.45, 2.75) is 4.90 Å². The average molecular weight is 362 g/mol. The fourth-order valence-corrected chi connectivity index (χ4v) is 2.80. The number of carbonyl (C=O) groups excluding carboxylic acids is 1. The van der Waals surface area contributed by atoms with Crippen LogP contribution in [0.1, 0.15) is 10.5 Å². The van der Waals surface area contributed by atoms with Crippen molar-refractivity contribution in [1.29, 1.82) is 0 Å².